The van der Waals surface area contributed by atoms with Crippen molar-refractivity contribution in [3.63, 3.8) is 0 Å². The zero-order valence-electron chi connectivity index (χ0n) is 13.5. The Balaban J connectivity index is 1.62. The summed E-state index contributed by atoms with van der Waals surface area (Å²) in [6.45, 7) is 0.554. The maximum Gasteiger partial charge on any atom is 0.240 e. The van der Waals surface area contributed by atoms with Crippen LogP contribution < -0.4 is 9.46 Å². The SMILES string of the molecule is O=S(=O)(NCc1cccc(OCc2ccccn2)c1)c1ccccc1. The standard InChI is InChI=1S/C19H18N2O3S/c22-25(23,19-10-2-1-3-11-19)21-14-16-7-6-9-18(13-16)24-15-17-8-4-5-12-20-17/h1-13,21H,14-15H2. The molecular formula is C19H18N2O3S. The van der Waals surface area contributed by atoms with E-state index in [2.05, 4.69) is 9.71 Å². The predicted molar refractivity (Wildman–Crippen MR) is 95.5 cm³/mol. The third-order valence-corrected chi connectivity index (χ3v) is 4.95. The Morgan fingerprint density at radius 3 is 2.48 bits per heavy atom. The van der Waals surface area contributed by atoms with E-state index in [9.17, 15) is 8.42 Å². The van der Waals surface area contributed by atoms with Gasteiger partial charge >= 0.3 is 0 Å². The number of rotatable bonds is 7. The molecule has 5 nitrogen and oxygen atoms in total. The van der Waals surface area contributed by atoms with Gasteiger partial charge in [-0.25, -0.2) is 13.1 Å². The van der Waals surface area contributed by atoms with E-state index >= 15 is 0 Å². The highest BCUT2D eigenvalue weighted by Crippen LogP contribution is 2.16. The molecule has 6 heteroatoms. The van der Waals surface area contributed by atoms with Gasteiger partial charge in [0, 0.05) is 12.7 Å². The average molecular weight is 354 g/mol. The van der Waals surface area contributed by atoms with Crippen molar-refractivity contribution in [1.29, 1.82) is 0 Å². The number of nitrogens with zero attached hydrogens (tertiary/aromatic N) is 1. The highest BCUT2D eigenvalue weighted by molar-refractivity contribution is 7.89. The van der Waals surface area contributed by atoms with E-state index in [0.717, 1.165) is 11.3 Å². The molecule has 0 aliphatic carbocycles. The molecule has 2 aromatic carbocycles. The van der Waals surface area contributed by atoms with Gasteiger partial charge in [0.15, 0.2) is 0 Å². The van der Waals surface area contributed by atoms with Gasteiger partial charge in [0.05, 0.1) is 10.6 Å². The molecule has 3 rings (SSSR count). The smallest absolute Gasteiger partial charge is 0.240 e. The molecule has 1 N–H and O–H groups in total. The van der Waals surface area contributed by atoms with Gasteiger partial charge < -0.3 is 4.74 Å². The molecule has 0 atom stereocenters. The lowest BCUT2D eigenvalue weighted by atomic mass is 10.2. The number of hydrogen-bond donors (Lipinski definition) is 1. The first-order valence-corrected chi connectivity index (χ1v) is 9.28. The zero-order valence-corrected chi connectivity index (χ0v) is 14.3. The maximum absolute atomic E-state index is 12.3. The minimum absolute atomic E-state index is 0.192. The Morgan fingerprint density at radius 2 is 1.72 bits per heavy atom. The third-order valence-electron chi connectivity index (χ3n) is 3.53. The average Bonchev–Trinajstić information content (AvgIpc) is 2.67. The molecule has 128 valence electrons. The van der Waals surface area contributed by atoms with Gasteiger partial charge in [-0.05, 0) is 42.0 Å². The van der Waals surface area contributed by atoms with Crippen LogP contribution in [0, 0.1) is 0 Å². The van der Waals surface area contributed by atoms with Crippen LogP contribution in [0.5, 0.6) is 5.75 Å². The molecule has 0 aliphatic heterocycles. The van der Waals surface area contributed by atoms with E-state index in [4.69, 9.17) is 4.74 Å². The van der Waals surface area contributed by atoms with Crippen molar-refractivity contribution in [2.45, 2.75) is 18.0 Å². The van der Waals surface area contributed by atoms with Crippen LogP contribution in [-0.2, 0) is 23.2 Å². The molecule has 25 heavy (non-hydrogen) atoms. The zero-order chi connectivity index (χ0) is 17.5. The van der Waals surface area contributed by atoms with Crippen molar-refractivity contribution in [1.82, 2.24) is 9.71 Å². The van der Waals surface area contributed by atoms with Crippen molar-refractivity contribution in [3.8, 4) is 5.75 Å². The van der Waals surface area contributed by atoms with Crippen LogP contribution in [0.1, 0.15) is 11.3 Å². The summed E-state index contributed by atoms with van der Waals surface area (Å²) in [7, 11) is -3.53. The lowest BCUT2D eigenvalue weighted by Crippen LogP contribution is -2.23. The molecule has 0 radical (unpaired) electrons. The molecule has 1 heterocycles. The highest BCUT2D eigenvalue weighted by Gasteiger charge is 2.12. The summed E-state index contributed by atoms with van der Waals surface area (Å²) in [6.07, 6.45) is 1.72. The topological polar surface area (TPSA) is 68.3 Å². The van der Waals surface area contributed by atoms with E-state index in [1.54, 1.807) is 36.5 Å². The molecule has 0 bridgehead atoms. The minimum Gasteiger partial charge on any atom is -0.487 e. The number of sulfonamides is 1. The first kappa shape index (κ1) is 17.1. The summed E-state index contributed by atoms with van der Waals surface area (Å²) in [4.78, 5) is 4.45. The lowest BCUT2D eigenvalue weighted by molar-refractivity contribution is 0.301. The molecule has 0 saturated heterocycles. The number of pyridine rings is 1. The number of aromatic nitrogens is 1. The van der Waals surface area contributed by atoms with Crippen LogP contribution in [0.4, 0.5) is 0 Å². The normalized spacial score (nSPS) is 11.2. The number of benzene rings is 2. The largest absolute Gasteiger partial charge is 0.487 e. The molecule has 0 amide bonds. The van der Waals surface area contributed by atoms with E-state index in [1.807, 2.05) is 42.5 Å². The van der Waals surface area contributed by atoms with Crippen molar-refractivity contribution < 1.29 is 13.2 Å². The van der Waals surface area contributed by atoms with Crippen LogP contribution in [0.15, 0.2) is 83.9 Å². The van der Waals surface area contributed by atoms with Crippen molar-refractivity contribution in [2.24, 2.45) is 0 Å². The van der Waals surface area contributed by atoms with Crippen molar-refractivity contribution in [2.75, 3.05) is 0 Å². The third kappa shape index (κ3) is 4.89. The van der Waals surface area contributed by atoms with Crippen molar-refractivity contribution >= 4 is 10.0 Å². The Hall–Kier alpha value is -2.70. The Kier molecular flexibility index (Phi) is 5.42. The fraction of sp³-hybridized carbons (Fsp3) is 0.105. The monoisotopic (exact) mass is 354 g/mol. The second kappa shape index (κ2) is 7.92. The van der Waals surface area contributed by atoms with Gasteiger partial charge in [-0.2, -0.15) is 0 Å². The summed E-state index contributed by atoms with van der Waals surface area (Å²) >= 11 is 0. The predicted octanol–water partition coefficient (Wildman–Crippen LogP) is 3.14. The van der Waals surface area contributed by atoms with Gasteiger partial charge in [-0.15, -0.1) is 0 Å². The summed E-state index contributed by atoms with van der Waals surface area (Å²) in [6, 6.07) is 21.3. The van der Waals surface area contributed by atoms with E-state index in [-0.39, 0.29) is 11.4 Å². The Labute approximate surface area is 147 Å². The highest BCUT2D eigenvalue weighted by atomic mass is 32.2. The summed E-state index contributed by atoms with van der Waals surface area (Å²) in [5.74, 6) is 0.669. The fourth-order valence-corrected chi connectivity index (χ4v) is 3.29. The number of nitrogens with one attached hydrogen (secondary N) is 1. The van der Waals surface area contributed by atoms with Gasteiger partial charge in [-0.3, -0.25) is 4.98 Å². The second-order valence-corrected chi connectivity index (χ2v) is 7.16. The Morgan fingerprint density at radius 1 is 0.920 bits per heavy atom. The second-order valence-electron chi connectivity index (χ2n) is 5.39. The van der Waals surface area contributed by atoms with Gasteiger partial charge in [0.1, 0.15) is 12.4 Å². The Bertz CT molecular complexity index is 914. The molecule has 3 aromatic rings. The van der Waals surface area contributed by atoms with Gasteiger partial charge in [0.25, 0.3) is 0 Å². The molecule has 0 fully saturated rings. The first-order chi connectivity index (χ1) is 12.1. The van der Waals surface area contributed by atoms with Gasteiger partial charge in [0.2, 0.25) is 10.0 Å². The summed E-state index contributed by atoms with van der Waals surface area (Å²) in [5, 5.41) is 0. The van der Waals surface area contributed by atoms with Crippen LogP contribution in [0.3, 0.4) is 0 Å². The quantitative estimate of drug-likeness (QED) is 0.708. The van der Waals surface area contributed by atoms with Crippen LogP contribution >= 0.6 is 0 Å². The molecule has 0 spiro atoms. The molecule has 0 unspecified atom stereocenters. The fourth-order valence-electron chi connectivity index (χ4n) is 2.25. The van der Waals surface area contributed by atoms with E-state index in [1.165, 1.54) is 0 Å². The number of hydrogen-bond acceptors (Lipinski definition) is 4. The summed E-state index contributed by atoms with van der Waals surface area (Å²) < 4.78 is 32.8. The maximum atomic E-state index is 12.3. The molecule has 1 aromatic heterocycles. The van der Waals surface area contributed by atoms with E-state index < -0.39 is 10.0 Å². The number of ether oxygens (including phenoxy) is 1. The molecular weight excluding hydrogens is 336 g/mol. The van der Waals surface area contributed by atoms with E-state index in [0.29, 0.717) is 12.4 Å². The van der Waals surface area contributed by atoms with Gasteiger partial charge in [-0.1, -0.05) is 36.4 Å². The van der Waals surface area contributed by atoms with Crippen molar-refractivity contribution in [3.05, 3.63) is 90.3 Å². The summed E-state index contributed by atoms with van der Waals surface area (Å²) in [5.41, 5.74) is 1.65. The van der Waals surface area contributed by atoms with Crippen LogP contribution in [0.2, 0.25) is 0 Å². The minimum atomic E-state index is -3.53. The van der Waals surface area contributed by atoms with Crippen LogP contribution in [-0.4, -0.2) is 13.4 Å². The van der Waals surface area contributed by atoms with Crippen LogP contribution in [0.25, 0.3) is 0 Å². The lowest BCUT2D eigenvalue weighted by Gasteiger charge is -2.09. The molecule has 0 aliphatic rings. The molecule has 0 saturated carbocycles. The first-order valence-electron chi connectivity index (χ1n) is 7.80.